The Bertz CT molecular complexity index is 1260. The predicted octanol–water partition coefficient (Wildman–Crippen LogP) is 4.81. The van der Waals surface area contributed by atoms with Crippen LogP contribution in [0, 0.1) is 13.8 Å². The average Bonchev–Trinajstić information content (AvgIpc) is 3.37. The van der Waals surface area contributed by atoms with Crippen molar-refractivity contribution in [2.24, 2.45) is 0 Å². The number of hydrogen-bond donors (Lipinski definition) is 1. The maximum atomic E-state index is 13.9. The normalized spacial score (nSPS) is 20.9. The largest absolute Gasteiger partial charge is 0.418 e. The first-order chi connectivity index (χ1) is 17.8. The molecule has 0 aliphatic carbocycles. The van der Waals surface area contributed by atoms with Crippen LogP contribution in [0.3, 0.4) is 0 Å². The zero-order chi connectivity index (χ0) is 26.2. The molecular formula is C27H30F3N5OS. The minimum Gasteiger partial charge on any atom is -0.379 e. The lowest BCUT2D eigenvalue weighted by Crippen LogP contribution is -2.42. The van der Waals surface area contributed by atoms with E-state index in [1.807, 2.05) is 38.1 Å². The first-order valence-electron chi connectivity index (χ1n) is 12.4. The van der Waals surface area contributed by atoms with Crippen molar-refractivity contribution < 1.29 is 17.9 Å². The van der Waals surface area contributed by atoms with Gasteiger partial charge in [-0.05, 0) is 62.0 Å². The van der Waals surface area contributed by atoms with Gasteiger partial charge in [0.2, 0.25) is 0 Å². The highest BCUT2D eigenvalue weighted by Crippen LogP contribution is 2.42. The molecule has 2 saturated heterocycles. The van der Waals surface area contributed by atoms with Crippen molar-refractivity contribution >= 4 is 17.3 Å². The van der Waals surface area contributed by atoms with Crippen LogP contribution >= 0.6 is 12.2 Å². The molecule has 1 aromatic carbocycles. The number of hydrogen-bond acceptors (Lipinski definition) is 4. The van der Waals surface area contributed by atoms with Crippen LogP contribution in [0.15, 0.2) is 54.7 Å². The molecule has 2 aliphatic heterocycles. The maximum Gasteiger partial charge on any atom is 0.418 e. The van der Waals surface area contributed by atoms with Gasteiger partial charge in [-0.25, -0.2) is 0 Å². The summed E-state index contributed by atoms with van der Waals surface area (Å²) >= 11 is 5.80. The van der Waals surface area contributed by atoms with Crippen LogP contribution in [-0.4, -0.2) is 63.9 Å². The van der Waals surface area contributed by atoms with Crippen LogP contribution in [0.25, 0.3) is 5.69 Å². The zero-order valence-electron chi connectivity index (χ0n) is 20.8. The summed E-state index contributed by atoms with van der Waals surface area (Å²) in [6, 6.07) is 13.0. The lowest BCUT2D eigenvalue weighted by Gasteiger charge is -2.32. The van der Waals surface area contributed by atoms with Crippen molar-refractivity contribution in [3.8, 4) is 5.69 Å². The van der Waals surface area contributed by atoms with E-state index in [-0.39, 0.29) is 17.8 Å². The van der Waals surface area contributed by atoms with E-state index >= 15 is 0 Å². The highest BCUT2D eigenvalue weighted by atomic mass is 32.1. The summed E-state index contributed by atoms with van der Waals surface area (Å²) in [7, 11) is 0. The minimum absolute atomic E-state index is 0.124. The molecule has 4 heterocycles. The van der Waals surface area contributed by atoms with Crippen LogP contribution in [0.2, 0.25) is 0 Å². The molecule has 6 nitrogen and oxygen atoms in total. The van der Waals surface area contributed by atoms with Gasteiger partial charge < -0.3 is 19.5 Å². The molecule has 10 heteroatoms. The quantitative estimate of drug-likeness (QED) is 0.463. The third-order valence-electron chi connectivity index (χ3n) is 7.20. The molecule has 0 amide bonds. The van der Waals surface area contributed by atoms with Crippen LogP contribution in [0.4, 0.5) is 13.2 Å². The van der Waals surface area contributed by atoms with Gasteiger partial charge in [-0.1, -0.05) is 18.2 Å². The Morgan fingerprint density at radius 3 is 2.49 bits per heavy atom. The smallest absolute Gasteiger partial charge is 0.379 e. The number of nitrogens with one attached hydrogen (secondary N) is 1. The van der Waals surface area contributed by atoms with E-state index in [1.165, 1.54) is 12.1 Å². The lowest BCUT2D eigenvalue weighted by atomic mass is 9.96. The topological polar surface area (TPSA) is 45.6 Å². The van der Waals surface area contributed by atoms with Gasteiger partial charge in [0.1, 0.15) is 0 Å². The number of nitrogens with zero attached hydrogens (tertiary/aromatic N) is 4. The fraction of sp³-hybridized carbons (Fsp3) is 0.407. The molecule has 2 aliphatic rings. The number of pyridine rings is 1. The summed E-state index contributed by atoms with van der Waals surface area (Å²) in [5.41, 5.74) is 2.72. The molecule has 1 N–H and O–H groups in total. The summed E-state index contributed by atoms with van der Waals surface area (Å²) in [6.45, 7) is 8.38. The van der Waals surface area contributed by atoms with Gasteiger partial charge in [0.25, 0.3) is 0 Å². The Morgan fingerprint density at radius 2 is 1.78 bits per heavy atom. The van der Waals surface area contributed by atoms with Gasteiger partial charge in [-0.2, -0.15) is 13.2 Å². The zero-order valence-corrected chi connectivity index (χ0v) is 21.6. The summed E-state index contributed by atoms with van der Waals surface area (Å²) in [5.74, 6) is 0. The number of alkyl halides is 3. The monoisotopic (exact) mass is 529 g/mol. The molecule has 0 radical (unpaired) electrons. The highest BCUT2D eigenvalue weighted by Gasteiger charge is 2.42. The molecule has 0 saturated carbocycles. The second-order valence-corrected chi connectivity index (χ2v) is 9.84. The summed E-state index contributed by atoms with van der Waals surface area (Å²) in [6.07, 6.45) is -2.71. The van der Waals surface area contributed by atoms with E-state index in [0.717, 1.165) is 48.3 Å². The predicted molar refractivity (Wildman–Crippen MR) is 140 cm³/mol. The Balaban J connectivity index is 1.56. The Labute approximate surface area is 220 Å². The van der Waals surface area contributed by atoms with Gasteiger partial charge in [0.05, 0.1) is 42.2 Å². The molecule has 196 valence electrons. The van der Waals surface area contributed by atoms with Crippen molar-refractivity contribution in [3.05, 3.63) is 82.9 Å². The number of halogens is 3. The Kier molecular flexibility index (Phi) is 7.24. The maximum absolute atomic E-state index is 13.9. The van der Waals surface area contributed by atoms with E-state index in [4.69, 9.17) is 17.0 Å². The van der Waals surface area contributed by atoms with Gasteiger partial charge >= 0.3 is 6.18 Å². The van der Waals surface area contributed by atoms with E-state index in [9.17, 15) is 13.2 Å². The first kappa shape index (κ1) is 25.7. The SMILES string of the molecule is Cc1cc([C@@H]2[C@@H](c3ccccn3)NC(=S)N2CCN2CCOCC2)c(C)n1-c1ccccc1C(F)(F)F. The standard InChI is InChI=1S/C27H30F3N5OS/c1-18-17-20(19(2)35(18)23-9-4-3-7-21(23)27(28,29)30)25-24(22-8-5-6-10-31-22)32-26(37)34(25)12-11-33-13-15-36-16-14-33/h3-10,17,24-25H,11-16H2,1-2H3,(H,32,37)/t24-,25-/m1/s1. The van der Waals surface area contributed by atoms with Crippen LogP contribution in [-0.2, 0) is 10.9 Å². The van der Waals surface area contributed by atoms with E-state index < -0.39 is 11.7 Å². The second-order valence-electron chi connectivity index (χ2n) is 9.45. The number of aromatic nitrogens is 2. The van der Waals surface area contributed by atoms with Crippen molar-refractivity contribution in [3.63, 3.8) is 0 Å². The Hall–Kier alpha value is -2.95. The van der Waals surface area contributed by atoms with E-state index in [2.05, 4.69) is 20.1 Å². The molecule has 5 rings (SSSR count). The third-order valence-corrected chi connectivity index (χ3v) is 7.55. The third kappa shape index (κ3) is 5.10. The Morgan fingerprint density at radius 1 is 1.05 bits per heavy atom. The van der Waals surface area contributed by atoms with Gasteiger partial charge in [-0.3, -0.25) is 9.88 Å². The van der Waals surface area contributed by atoms with Gasteiger partial charge in [0, 0.05) is 43.8 Å². The number of morpholine rings is 1. The number of rotatable bonds is 6. The van der Waals surface area contributed by atoms with Gasteiger partial charge in [-0.15, -0.1) is 0 Å². The van der Waals surface area contributed by atoms with Gasteiger partial charge in [0.15, 0.2) is 5.11 Å². The minimum atomic E-state index is -4.46. The molecule has 0 spiro atoms. The van der Waals surface area contributed by atoms with Crippen molar-refractivity contribution in [1.82, 2.24) is 24.7 Å². The number of thiocarbonyl (C=S) groups is 1. The second kappa shape index (κ2) is 10.4. The lowest BCUT2D eigenvalue weighted by molar-refractivity contribution is -0.137. The fourth-order valence-corrected chi connectivity index (χ4v) is 5.76. The first-order valence-corrected chi connectivity index (χ1v) is 12.8. The molecule has 2 fully saturated rings. The van der Waals surface area contributed by atoms with Crippen LogP contribution < -0.4 is 5.32 Å². The average molecular weight is 530 g/mol. The van der Waals surface area contributed by atoms with Crippen molar-refractivity contribution in [2.75, 3.05) is 39.4 Å². The summed E-state index contributed by atoms with van der Waals surface area (Å²) in [5, 5.41) is 4.07. The van der Waals surface area contributed by atoms with E-state index in [1.54, 1.807) is 16.8 Å². The summed E-state index contributed by atoms with van der Waals surface area (Å²) < 4.78 is 48.9. The van der Waals surface area contributed by atoms with Crippen LogP contribution in [0.1, 0.15) is 40.3 Å². The molecule has 2 aromatic heterocycles. The van der Waals surface area contributed by atoms with Crippen molar-refractivity contribution in [2.45, 2.75) is 32.1 Å². The number of aryl methyl sites for hydroxylation is 1. The molecule has 37 heavy (non-hydrogen) atoms. The molecule has 3 aromatic rings. The highest BCUT2D eigenvalue weighted by molar-refractivity contribution is 7.80. The van der Waals surface area contributed by atoms with Crippen LogP contribution in [0.5, 0.6) is 0 Å². The molecular weight excluding hydrogens is 499 g/mol. The number of para-hydroxylation sites is 1. The fourth-order valence-electron chi connectivity index (χ4n) is 5.42. The van der Waals surface area contributed by atoms with E-state index in [0.29, 0.717) is 24.9 Å². The molecule has 2 atom stereocenters. The van der Waals surface area contributed by atoms with Crippen molar-refractivity contribution in [1.29, 1.82) is 0 Å². The number of benzene rings is 1. The molecule has 0 unspecified atom stereocenters. The number of ether oxygens (including phenoxy) is 1. The molecule has 0 bridgehead atoms. The summed E-state index contributed by atoms with van der Waals surface area (Å²) in [4.78, 5) is 9.09.